The van der Waals surface area contributed by atoms with Crippen LogP contribution in [0.4, 0.5) is 0 Å². The van der Waals surface area contributed by atoms with Crippen LogP contribution in [-0.4, -0.2) is 111 Å². The third-order valence-electron chi connectivity index (χ3n) is 22.3. The van der Waals surface area contributed by atoms with Gasteiger partial charge in [0.05, 0.1) is 29.4 Å². The minimum atomic E-state index is -4.45. The number of rotatable bonds is 21. The number of hydrogen-bond donors (Lipinski definition) is 6. The van der Waals surface area contributed by atoms with Crippen LogP contribution in [0.1, 0.15) is 90.0 Å². The number of unbranched alkanes of at least 4 members (excludes halogenated alkanes) is 2. The Bertz CT molecular complexity index is 7940. The van der Waals surface area contributed by atoms with E-state index in [-0.39, 0.29) is 56.8 Å². The van der Waals surface area contributed by atoms with Gasteiger partial charge >= 0.3 is 32.2 Å². The van der Waals surface area contributed by atoms with Crippen molar-refractivity contribution in [2.75, 3.05) is 24.4 Å². The SMILES string of the molecule is CCC(=O)Oc1ccc2ccc3c(C=O)ccc4ccc1c2c43.O=C(CBr)c1ccc2ccc3c(O)ccc4ccc1c2c43.O=C(CCl)NCc1ccc2ccc3c(O)ccc4ccc1c2c43.O=COCCCCCOc1ccc2ccc3c(C=O)ccc4ccc1c2c43.O=Cc1ccc2ccccc2c1P(=O)(O)O.O=Cc1ccc2ccccc2c1[P+](=O)O.O=S(=O)=O. The van der Waals surface area contributed by atoms with Gasteiger partial charge in [-0.05, 0) is 180 Å². The van der Waals surface area contributed by atoms with Crippen molar-refractivity contribution in [3.8, 4) is 23.0 Å². The number of aldehydes is 4. The first kappa shape index (κ1) is 91.1. The molecule has 644 valence electrons. The molecule has 0 fully saturated rings. The van der Waals surface area contributed by atoms with E-state index in [0.717, 1.165) is 183 Å². The number of benzene rings is 20. The van der Waals surface area contributed by atoms with E-state index in [1.54, 1.807) is 73.7 Å². The Morgan fingerprint density at radius 2 is 0.814 bits per heavy atom. The molecule has 20 aromatic carbocycles. The fourth-order valence-electron chi connectivity index (χ4n) is 16.5. The number of ketones is 1. The van der Waals surface area contributed by atoms with Crippen LogP contribution in [0.3, 0.4) is 0 Å². The Hall–Kier alpha value is -14.2. The maximum Gasteiger partial charge on any atom is 0.547 e. The molecule has 20 aromatic rings. The molecule has 1 atom stereocenters. The molecule has 20 rings (SSSR count). The van der Waals surface area contributed by atoms with Crippen molar-refractivity contribution in [1.29, 1.82) is 0 Å². The number of phenols is 2. The van der Waals surface area contributed by atoms with Gasteiger partial charge in [0.25, 0.3) is 6.47 Å². The van der Waals surface area contributed by atoms with Crippen LogP contribution in [-0.2, 0) is 45.4 Å². The molecule has 0 saturated carbocycles. The quantitative estimate of drug-likeness (QED) is 0.00569. The molecule has 0 bridgehead atoms. The summed E-state index contributed by atoms with van der Waals surface area (Å²) in [4.78, 5) is 117. The summed E-state index contributed by atoms with van der Waals surface area (Å²) in [5.74, 6) is 1.56. The average molecular weight is 1860 g/mol. The number of aromatic hydroxyl groups is 2. The molecular formula is C102H76BrClNO21P2S+. The number of phenolic OH excluding ortho intramolecular Hbond substituents is 2. The lowest BCUT2D eigenvalue weighted by molar-refractivity contribution is -0.134. The molecular weight excluding hydrogens is 1780 g/mol. The zero-order valence-electron chi connectivity index (χ0n) is 68.5. The van der Waals surface area contributed by atoms with E-state index >= 15 is 0 Å². The van der Waals surface area contributed by atoms with E-state index in [4.69, 9.17) is 38.4 Å². The molecule has 0 saturated heterocycles. The number of carbonyl (C=O) groups is 8. The van der Waals surface area contributed by atoms with Crippen molar-refractivity contribution >= 4 is 264 Å². The van der Waals surface area contributed by atoms with E-state index in [2.05, 4.69) is 57.6 Å². The third kappa shape index (κ3) is 19.3. The molecule has 0 radical (unpaired) electrons. The number of carbonyl (C=O) groups excluding carboxylic acids is 8. The summed E-state index contributed by atoms with van der Waals surface area (Å²) in [5, 5.41) is 51.0. The zero-order chi connectivity index (χ0) is 91.3. The largest absolute Gasteiger partial charge is 0.547 e. The van der Waals surface area contributed by atoms with Crippen LogP contribution in [0.2, 0.25) is 0 Å². The van der Waals surface area contributed by atoms with Gasteiger partial charge in [-0.3, -0.25) is 42.9 Å². The second kappa shape index (κ2) is 40.6. The first-order valence-corrected chi connectivity index (χ1v) is 45.8. The lowest BCUT2D eigenvalue weighted by Gasteiger charge is -2.15. The monoisotopic (exact) mass is 1860 g/mol. The third-order valence-corrected chi connectivity index (χ3v) is 25.0. The van der Waals surface area contributed by atoms with Crippen molar-refractivity contribution in [2.45, 2.75) is 39.2 Å². The molecule has 1 unspecified atom stereocenters. The molecule has 0 aliphatic carbocycles. The summed E-state index contributed by atoms with van der Waals surface area (Å²) in [7, 11) is -10.1. The molecule has 1 amide bonds. The fourth-order valence-corrected chi connectivity index (χ4v) is 18.7. The number of ether oxygens (including phenoxy) is 3. The second-order valence-electron chi connectivity index (χ2n) is 29.7. The Morgan fingerprint density at radius 3 is 1.31 bits per heavy atom. The maximum atomic E-state index is 12.1. The van der Waals surface area contributed by atoms with Gasteiger partial charge in [0.1, 0.15) is 28.9 Å². The Kier molecular flexibility index (Phi) is 28.7. The fraction of sp³-hybridized carbons (Fsp3) is 0.0980. The van der Waals surface area contributed by atoms with Crippen molar-refractivity contribution in [3.05, 3.63) is 300 Å². The summed E-state index contributed by atoms with van der Waals surface area (Å²) >= 11 is 8.78. The second-order valence-corrected chi connectivity index (χ2v) is 33.5. The number of fused-ring (bicyclic) bond motifs is 2. The summed E-state index contributed by atoms with van der Waals surface area (Å²) in [6, 6.07) is 83.4. The van der Waals surface area contributed by atoms with Crippen molar-refractivity contribution in [3.63, 3.8) is 0 Å². The smallest absolute Gasteiger partial charge is 0.507 e. The van der Waals surface area contributed by atoms with Crippen LogP contribution in [0, 0.1) is 0 Å². The zero-order valence-corrected chi connectivity index (χ0v) is 73.4. The summed E-state index contributed by atoms with van der Waals surface area (Å²) in [6.45, 7) is 3.77. The number of Topliss-reactive ketones (excluding diaryl/α,β-unsaturated/α-hetero) is 1. The van der Waals surface area contributed by atoms with Crippen LogP contribution in [0.15, 0.2) is 267 Å². The van der Waals surface area contributed by atoms with Gasteiger partial charge in [0.2, 0.25) is 11.2 Å². The van der Waals surface area contributed by atoms with E-state index in [9.17, 15) is 72.4 Å². The molecule has 27 heteroatoms. The number of esters is 1. The lowest BCUT2D eigenvalue weighted by atomic mass is 9.91. The predicted octanol–water partition coefficient (Wildman–Crippen LogP) is 21.3. The Labute approximate surface area is 750 Å². The molecule has 0 spiro atoms. The number of alkyl halides is 2. The predicted molar refractivity (Wildman–Crippen MR) is 512 cm³/mol. The Morgan fingerprint density at radius 1 is 0.434 bits per heavy atom. The van der Waals surface area contributed by atoms with Gasteiger partial charge < -0.3 is 39.5 Å². The van der Waals surface area contributed by atoms with E-state index in [1.807, 2.05) is 158 Å². The number of hydrogen-bond acceptors (Lipinski definition) is 18. The van der Waals surface area contributed by atoms with Gasteiger partial charge in [0, 0.05) is 83.7 Å². The summed E-state index contributed by atoms with van der Waals surface area (Å²) < 4.78 is 64.1. The minimum absolute atomic E-state index is 0.0343. The highest BCUT2D eigenvalue weighted by atomic mass is 79.9. The van der Waals surface area contributed by atoms with E-state index < -0.39 is 26.2 Å². The van der Waals surface area contributed by atoms with Crippen molar-refractivity contribution in [1.82, 2.24) is 5.32 Å². The van der Waals surface area contributed by atoms with Crippen molar-refractivity contribution in [2.24, 2.45) is 0 Å². The number of halogens is 2. The molecule has 0 aliphatic rings. The van der Waals surface area contributed by atoms with Crippen LogP contribution < -0.4 is 25.4 Å². The van der Waals surface area contributed by atoms with Crippen LogP contribution in [0.25, 0.3) is 151 Å². The van der Waals surface area contributed by atoms with Crippen molar-refractivity contribution < 1.29 is 99.2 Å². The van der Waals surface area contributed by atoms with E-state index in [1.165, 1.54) is 6.07 Å². The number of nitrogens with one attached hydrogen (secondary N) is 1. The van der Waals surface area contributed by atoms with Crippen LogP contribution in [0.5, 0.6) is 23.0 Å². The highest BCUT2D eigenvalue weighted by Crippen LogP contribution is 2.45. The summed E-state index contributed by atoms with van der Waals surface area (Å²) in [6.07, 6.45) is 5.88. The highest BCUT2D eigenvalue weighted by molar-refractivity contribution is 9.09. The average Bonchev–Trinajstić information content (AvgIpc) is 0.740. The normalized spacial score (nSPS) is 11.3. The van der Waals surface area contributed by atoms with Gasteiger partial charge in [-0.2, -0.15) is 4.89 Å². The maximum absolute atomic E-state index is 12.1. The van der Waals surface area contributed by atoms with Gasteiger partial charge in [0.15, 0.2) is 30.9 Å². The van der Waals surface area contributed by atoms with Gasteiger partial charge in [-0.25, -0.2) is 0 Å². The lowest BCUT2D eigenvalue weighted by Crippen LogP contribution is -2.23. The molecule has 6 N–H and O–H groups in total. The minimum Gasteiger partial charge on any atom is -0.507 e. The molecule has 22 nitrogen and oxygen atoms in total. The van der Waals surface area contributed by atoms with Crippen LogP contribution >= 0.6 is 43.2 Å². The molecule has 0 heterocycles. The molecule has 129 heavy (non-hydrogen) atoms. The summed E-state index contributed by atoms with van der Waals surface area (Å²) in [5.41, 5.74) is 3.44. The first-order valence-electron chi connectivity index (χ1n) is 40.3. The van der Waals surface area contributed by atoms with E-state index in [0.29, 0.717) is 83.6 Å². The molecule has 0 aliphatic heterocycles. The standard InChI is InChI=1S/C23H20O4.C20H14O3.C19H14ClNO2.C18H11BrO2.C11H9O4P.C11H7O3P.O3S/c24-14-18-5-4-16-7-10-20-21(27-13-3-1-2-12-26-15-25)11-8-17-6-9-19(18)22(16)23(17)20;1-2-18(22)23-17-10-7-13-5-8-15-14(11-21)4-3-12-6-9-16(17)20(13)19(12)15;20-9-17(23)21-10-13-2-1-11-4-7-15-16(22)8-5-12-3-6-14(13)18(11)19(12)15;19-9-16(21)12-5-1-10-3-7-14-15(20)8-4-11-2-6-13(12)17(10)18(11)14;12-7-9-6-5-8-3-1-2-4-10(8)11(9)16(13,14)15;12-7-9-6-5-8-3-1-2-4-10(8)11(9)15(13)14;1-4(2)3/h4-11,14-15H,1-3,12-13H2;3-11H,2H2,1H3;1-8,22H,9-10H2,(H,21,23);1-8,20H,9H2;1-7H,(H2,13,14,15);1-7H;/p+1. The van der Waals surface area contributed by atoms with Gasteiger partial charge in [-0.1, -0.05) is 241 Å². The molecule has 0 aromatic heterocycles. The number of amides is 1. The van der Waals surface area contributed by atoms with Gasteiger partial charge in [-0.15, -0.1) is 24.2 Å². The topological polar surface area (TPSA) is 363 Å². The Balaban J connectivity index is 0.000000125. The highest BCUT2D eigenvalue weighted by Gasteiger charge is 2.27. The first-order chi connectivity index (χ1) is 62.4.